The van der Waals surface area contributed by atoms with Gasteiger partial charge >= 0.3 is 0 Å². The molecule has 2 atom stereocenters. The van der Waals surface area contributed by atoms with E-state index in [4.69, 9.17) is 9.84 Å². The molecule has 0 aromatic heterocycles. The summed E-state index contributed by atoms with van der Waals surface area (Å²) in [6.07, 6.45) is 2.63. The molecule has 1 fully saturated rings. The number of hydrogen-bond donors (Lipinski definition) is 1. The van der Waals surface area contributed by atoms with Gasteiger partial charge in [-0.1, -0.05) is 0 Å². The summed E-state index contributed by atoms with van der Waals surface area (Å²) < 4.78 is 9.51. The van der Waals surface area contributed by atoms with Crippen LogP contribution in [0.4, 0.5) is 0 Å². The zero-order valence-corrected chi connectivity index (χ0v) is 7.54. The molecule has 1 N–H and O–H groups in total. The molecule has 1 saturated heterocycles. The lowest BCUT2D eigenvalue weighted by Gasteiger charge is -2.05. The lowest BCUT2D eigenvalue weighted by atomic mass is 10.2. The van der Waals surface area contributed by atoms with E-state index in [2.05, 4.69) is 4.74 Å². The van der Waals surface area contributed by atoms with Gasteiger partial charge in [0.05, 0.1) is 18.8 Å². The first-order chi connectivity index (χ1) is 5.24. The number of methoxy groups -OCH3 is 1. The normalized spacial score (nSPS) is 29.5. The van der Waals surface area contributed by atoms with Crippen LogP contribution in [0.1, 0.15) is 19.8 Å². The van der Waals surface area contributed by atoms with E-state index in [0.29, 0.717) is 6.10 Å². The predicted octanol–water partition coefficient (Wildman–Crippen LogP) is 0.809. The molecule has 0 aliphatic carbocycles. The number of ether oxygens (including phenoxy) is 2. The number of aliphatic hydroxyl groups is 1. The van der Waals surface area contributed by atoms with Gasteiger partial charge < -0.3 is 14.6 Å². The molecule has 11 heavy (non-hydrogen) atoms. The third-order valence-corrected chi connectivity index (χ3v) is 1.52. The lowest BCUT2D eigenvalue weighted by molar-refractivity contribution is 0.0198. The van der Waals surface area contributed by atoms with Crippen molar-refractivity contribution in [2.45, 2.75) is 32.0 Å². The molecule has 2 unspecified atom stereocenters. The summed E-state index contributed by atoms with van der Waals surface area (Å²) in [5.41, 5.74) is 0. The van der Waals surface area contributed by atoms with Gasteiger partial charge in [-0.3, -0.25) is 0 Å². The van der Waals surface area contributed by atoms with Crippen molar-refractivity contribution in [1.29, 1.82) is 0 Å². The van der Waals surface area contributed by atoms with Gasteiger partial charge in [-0.25, -0.2) is 0 Å². The summed E-state index contributed by atoms with van der Waals surface area (Å²) in [5, 5.41) is 8.56. The van der Waals surface area contributed by atoms with Crippen molar-refractivity contribution in [3.05, 3.63) is 0 Å². The molecular weight excluding hydrogens is 144 g/mol. The zero-order valence-electron chi connectivity index (χ0n) is 7.54. The Morgan fingerprint density at radius 3 is 2.18 bits per heavy atom. The summed E-state index contributed by atoms with van der Waals surface area (Å²) in [6, 6.07) is 0. The van der Waals surface area contributed by atoms with E-state index in [1.54, 1.807) is 14.2 Å². The second-order valence-electron chi connectivity index (χ2n) is 2.74. The van der Waals surface area contributed by atoms with Crippen LogP contribution in [0.2, 0.25) is 0 Å². The van der Waals surface area contributed by atoms with Crippen LogP contribution in [-0.2, 0) is 9.47 Å². The Morgan fingerprint density at radius 1 is 1.45 bits per heavy atom. The number of hydrogen-bond acceptors (Lipinski definition) is 3. The maximum Gasteiger partial charge on any atom is 0.0810 e. The molecule has 68 valence electrons. The van der Waals surface area contributed by atoms with Crippen LogP contribution in [0.3, 0.4) is 0 Å². The van der Waals surface area contributed by atoms with E-state index in [0.717, 1.165) is 12.8 Å². The third-order valence-electron chi connectivity index (χ3n) is 1.52. The maximum absolute atomic E-state index is 8.56. The van der Waals surface area contributed by atoms with Crippen molar-refractivity contribution < 1.29 is 14.6 Å². The minimum absolute atomic E-state index is 0.130. The molecule has 3 heteroatoms. The first kappa shape index (κ1) is 10.9. The van der Waals surface area contributed by atoms with Crippen LogP contribution in [0.15, 0.2) is 0 Å². The molecule has 0 aromatic rings. The second-order valence-corrected chi connectivity index (χ2v) is 2.74. The Kier molecular flexibility index (Phi) is 6.51. The SMILES string of the molecule is CC1CCC(CO)O1.COC. The molecule has 1 heterocycles. The first-order valence-electron chi connectivity index (χ1n) is 3.91. The van der Waals surface area contributed by atoms with Crippen LogP contribution >= 0.6 is 0 Å². The monoisotopic (exact) mass is 162 g/mol. The van der Waals surface area contributed by atoms with E-state index < -0.39 is 0 Å². The molecule has 0 aromatic carbocycles. The second kappa shape index (κ2) is 6.58. The summed E-state index contributed by atoms with van der Waals surface area (Å²) in [7, 11) is 3.25. The predicted molar refractivity (Wildman–Crippen MR) is 43.6 cm³/mol. The third kappa shape index (κ3) is 5.18. The molecule has 1 aliphatic rings. The summed E-state index contributed by atoms with van der Waals surface area (Å²) in [5.74, 6) is 0. The van der Waals surface area contributed by atoms with E-state index in [1.165, 1.54) is 0 Å². The summed E-state index contributed by atoms with van der Waals surface area (Å²) in [6.45, 7) is 2.22. The van der Waals surface area contributed by atoms with Crippen molar-refractivity contribution in [3.8, 4) is 0 Å². The van der Waals surface area contributed by atoms with Crippen LogP contribution in [0, 0.1) is 0 Å². The number of rotatable bonds is 1. The fraction of sp³-hybridized carbons (Fsp3) is 1.00. The molecule has 3 nitrogen and oxygen atoms in total. The molecule has 0 saturated carbocycles. The van der Waals surface area contributed by atoms with Crippen molar-refractivity contribution in [2.24, 2.45) is 0 Å². The van der Waals surface area contributed by atoms with Gasteiger partial charge in [0.2, 0.25) is 0 Å². The van der Waals surface area contributed by atoms with Gasteiger partial charge in [0.15, 0.2) is 0 Å². The van der Waals surface area contributed by atoms with Gasteiger partial charge in [0.25, 0.3) is 0 Å². The Labute approximate surface area is 68.3 Å². The largest absolute Gasteiger partial charge is 0.394 e. The lowest BCUT2D eigenvalue weighted by Crippen LogP contribution is -2.11. The topological polar surface area (TPSA) is 38.7 Å². The minimum Gasteiger partial charge on any atom is -0.394 e. The van der Waals surface area contributed by atoms with Crippen LogP contribution in [0.25, 0.3) is 0 Å². The number of aliphatic hydroxyl groups excluding tert-OH is 1. The Morgan fingerprint density at radius 2 is 2.00 bits per heavy atom. The van der Waals surface area contributed by atoms with Gasteiger partial charge in [0, 0.05) is 14.2 Å². The highest BCUT2D eigenvalue weighted by atomic mass is 16.5. The summed E-state index contributed by atoms with van der Waals surface area (Å²) in [4.78, 5) is 0. The van der Waals surface area contributed by atoms with Gasteiger partial charge in [-0.05, 0) is 19.8 Å². The highest BCUT2D eigenvalue weighted by Crippen LogP contribution is 2.17. The quantitative estimate of drug-likeness (QED) is 0.620. The average molecular weight is 162 g/mol. The maximum atomic E-state index is 8.56. The molecule has 0 spiro atoms. The van der Waals surface area contributed by atoms with E-state index >= 15 is 0 Å². The smallest absolute Gasteiger partial charge is 0.0810 e. The Bertz CT molecular complexity index is 85.4. The van der Waals surface area contributed by atoms with Gasteiger partial charge in [-0.15, -0.1) is 0 Å². The Balaban J connectivity index is 0.000000292. The Hall–Kier alpha value is -0.120. The standard InChI is InChI=1S/C6H12O2.C2H6O/c1-5-2-3-6(4-7)8-5;1-3-2/h5-7H,2-4H2,1H3;1-2H3. The van der Waals surface area contributed by atoms with Crippen molar-refractivity contribution in [2.75, 3.05) is 20.8 Å². The van der Waals surface area contributed by atoms with Crippen molar-refractivity contribution in [3.63, 3.8) is 0 Å². The first-order valence-corrected chi connectivity index (χ1v) is 3.91. The van der Waals surface area contributed by atoms with E-state index in [9.17, 15) is 0 Å². The van der Waals surface area contributed by atoms with Crippen molar-refractivity contribution in [1.82, 2.24) is 0 Å². The molecular formula is C8H18O3. The van der Waals surface area contributed by atoms with Gasteiger partial charge in [0.1, 0.15) is 0 Å². The average Bonchev–Trinajstić information content (AvgIpc) is 2.37. The van der Waals surface area contributed by atoms with Crippen LogP contribution in [0.5, 0.6) is 0 Å². The highest BCUT2D eigenvalue weighted by Gasteiger charge is 2.19. The molecule has 1 rings (SSSR count). The summed E-state index contributed by atoms with van der Waals surface area (Å²) >= 11 is 0. The molecule has 0 radical (unpaired) electrons. The van der Waals surface area contributed by atoms with Crippen LogP contribution in [-0.4, -0.2) is 38.1 Å². The molecule has 0 amide bonds. The zero-order chi connectivity index (χ0) is 8.69. The van der Waals surface area contributed by atoms with Gasteiger partial charge in [-0.2, -0.15) is 0 Å². The molecule has 1 aliphatic heterocycles. The van der Waals surface area contributed by atoms with E-state index in [1.807, 2.05) is 6.92 Å². The fourth-order valence-corrected chi connectivity index (χ4v) is 1.02. The van der Waals surface area contributed by atoms with Crippen LogP contribution < -0.4 is 0 Å². The van der Waals surface area contributed by atoms with E-state index in [-0.39, 0.29) is 12.7 Å². The minimum atomic E-state index is 0.130. The van der Waals surface area contributed by atoms with Crippen molar-refractivity contribution >= 4 is 0 Å². The fourth-order valence-electron chi connectivity index (χ4n) is 1.02. The molecule has 0 bridgehead atoms. The highest BCUT2D eigenvalue weighted by molar-refractivity contribution is 4.68.